The molecule has 80 valence electrons. The first kappa shape index (κ1) is 13.3. The first-order valence-corrected chi connectivity index (χ1v) is 6.79. The fourth-order valence-electron chi connectivity index (χ4n) is 1.24. The third-order valence-electron chi connectivity index (χ3n) is 2.11. The van der Waals surface area contributed by atoms with Crippen LogP contribution >= 0.6 is 11.8 Å². The topological polar surface area (TPSA) is 12.0 Å². The Hall–Kier alpha value is 0.310. The van der Waals surface area contributed by atoms with Gasteiger partial charge in [0.05, 0.1) is 0 Å². The van der Waals surface area contributed by atoms with Crippen molar-refractivity contribution >= 4 is 11.8 Å². The summed E-state index contributed by atoms with van der Waals surface area (Å²) in [5.74, 6) is 2.74. The zero-order chi connectivity index (χ0) is 9.78. The van der Waals surface area contributed by atoms with Crippen molar-refractivity contribution in [3.63, 3.8) is 0 Å². The van der Waals surface area contributed by atoms with Crippen LogP contribution < -0.4 is 5.32 Å². The molecule has 0 heterocycles. The molecular formula is C11H25NS. The summed E-state index contributed by atoms with van der Waals surface area (Å²) in [7, 11) is 2.03. The fraction of sp³-hybridized carbons (Fsp3) is 1.00. The van der Waals surface area contributed by atoms with E-state index in [9.17, 15) is 0 Å². The molecule has 0 atom stereocenters. The molecule has 0 unspecified atom stereocenters. The second-order valence-electron chi connectivity index (χ2n) is 3.48. The molecule has 0 spiro atoms. The summed E-state index contributed by atoms with van der Waals surface area (Å²) < 4.78 is 0. The van der Waals surface area contributed by atoms with E-state index in [2.05, 4.69) is 24.0 Å². The van der Waals surface area contributed by atoms with Crippen molar-refractivity contribution in [3.05, 3.63) is 0 Å². The van der Waals surface area contributed by atoms with Crippen molar-refractivity contribution in [2.45, 2.75) is 45.4 Å². The van der Waals surface area contributed by atoms with Gasteiger partial charge in [0, 0.05) is 0 Å². The maximum atomic E-state index is 3.18. The van der Waals surface area contributed by atoms with Crippen LogP contribution in [-0.2, 0) is 0 Å². The van der Waals surface area contributed by atoms with Gasteiger partial charge in [0.25, 0.3) is 0 Å². The van der Waals surface area contributed by atoms with E-state index < -0.39 is 0 Å². The third-order valence-corrected chi connectivity index (χ3v) is 3.26. The maximum Gasteiger partial charge on any atom is -0.00519 e. The van der Waals surface area contributed by atoms with Crippen LogP contribution in [0.4, 0.5) is 0 Å². The van der Waals surface area contributed by atoms with E-state index in [1.807, 2.05) is 7.05 Å². The summed E-state index contributed by atoms with van der Waals surface area (Å²) in [6.45, 7) is 3.45. The molecule has 1 nitrogen and oxygen atoms in total. The highest BCUT2D eigenvalue weighted by Crippen LogP contribution is 2.09. The number of nitrogens with one attached hydrogen (secondary N) is 1. The normalized spacial score (nSPS) is 10.6. The maximum absolute atomic E-state index is 3.18. The molecular weight excluding hydrogens is 178 g/mol. The SMILES string of the molecule is CCCCCSCCCCCNC. The van der Waals surface area contributed by atoms with Crippen molar-refractivity contribution in [3.8, 4) is 0 Å². The second-order valence-corrected chi connectivity index (χ2v) is 4.71. The lowest BCUT2D eigenvalue weighted by atomic mass is 10.2. The Morgan fingerprint density at radius 2 is 1.62 bits per heavy atom. The minimum absolute atomic E-state index is 1.18. The number of rotatable bonds is 10. The highest BCUT2D eigenvalue weighted by atomic mass is 32.2. The Kier molecular flexibility index (Phi) is 12.6. The molecule has 0 aromatic heterocycles. The molecule has 0 fully saturated rings. The van der Waals surface area contributed by atoms with Crippen LogP contribution in [0.5, 0.6) is 0 Å². The molecule has 0 aliphatic carbocycles. The molecule has 0 aromatic rings. The minimum atomic E-state index is 1.18. The highest BCUT2D eigenvalue weighted by molar-refractivity contribution is 7.99. The Balaban J connectivity index is 2.76. The van der Waals surface area contributed by atoms with E-state index in [1.54, 1.807) is 0 Å². The second kappa shape index (κ2) is 12.3. The lowest BCUT2D eigenvalue weighted by Crippen LogP contribution is -2.07. The van der Waals surface area contributed by atoms with Crippen molar-refractivity contribution < 1.29 is 0 Å². The van der Waals surface area contributed by atoms with Crippen LogP contribution in [0.25, 0.3) is 0 Å². The van der Waals surface area contributed by atoms with E-state index in [4.69, 9.17) is 0 Å². The summed E-state index contributed by atoms with van der Waals surface area (Å²) in [4.78, 5) is 0. The van der Waals surface area contributed by atoms with Gasteiger partial charge in [-0.05, 0) is 44.4 Å². The van der Waals surface area contributed by atoms with Gasteiger partial charge in [0.2, 0.25) is 0 Å². The lowest BCUT2D eigenvalue weighted by Gasteiger charge is -2.01. The van der Waals surface area contributed by atoms with Crippen LogP contribution in [-0.4, -0.2) is 25.1 Å². The van der Waals surface area contributed by atoms with Gasteiger partial charge in [-0.1, -0.05) is 26.2 Å². The molecule has 0 amide bonds. The summed E-state index contributed by atoms with van der Waals surface area (Å²) in [6, 6.07) is 0. The van der Waals surface area contributed by atoms with Gasteiger partial charge in [-0.2, -0.15) is 11.8 Å². The molecule has 0 bridgehead atoms. The highest BCUT2D eigenvalue weighted by Gasteiger charge is 1.90. The first-order valence-electron chi connectivity index (χ1n) is 5.64. The summed E-state index contributed by atoms with van der Waals surface area (Å²) in [5, 5.41) is 3.18. The van der Waals surface area contributed by atoms with Gasteiger partial charge in [0.15, 0.2) is 0 Å². The standard InChI is InChI=1S/C11H25NS/c1-3-4-7-10-13-11-8-5-6-9-12-2/h12H,3-11H2,1-2H3. The van der Waals surface area contributed by atoms with Gasteiger partial charge in [-0.3, -0.25) is 0 Å². The zero-order valence-corrected chi connectivity index (χ0v) is 10.1. The molecule has 0 rings (SSSR count). The van der Waals surface area contributed by atoms with Crippen LogP contribution in [0.3, 0.4) is 0 Å². The summed E-state index contributed by atoms with van der Waals surface area (Å²) >= 11 is 2.13. The molecule has 2 heteroatoms. The Morgan fingerprint density at radius 3 is 2.23 bits per heavy atom. The molecule has 0 saturated carbocycles. The van der Waals surface area contributed by atoms with Crippen LogP contribution in [0.15, 0.2) is 0 Å². The zero-order valence-electron chi connectivity index (χ0n) is 9.27. The van der Waals surface area contributed by atoms with E-state index in [1.165, 1.54) is 56.6 Å². The Labute approximate surface area is 88.1 Å². The summed E-state index contributed by atoms with van der Waals surface area (Å²) in [5.41, 5.74) is 0. The molecule has 1 N–H and O–H groups in total. The average molecular weight is 203 g/mol. The van der Waals surface area contributed by atoms with Crippen molar-refractivity contribution in [2.75, 3.05) is 25.1 Å². The van der Waals surface area contributed by atoms with Crippen LogP contribution in [0.1, 0.15) is 45.4 Å². The monoisotopic (exact) mass is 203 g/mol. The Morgan fingerprint density at radius 1 is 0.923 bits per heavy atom. The van der Waals surface area contributed by atoms with E-state index in [-0.39, 0.29) is 0 Å². The fourth-order valence-corrected chi connectivity index (χ4v) is 2.26. The van der Waals surface area contributed by atoms with Crippen molar-refractivity contribution in [1.29, 1.82) is 0 Å². The predicted molar refractivity (Wildman–Crippen MR) is 64.6 cm³/mol. The smallest absolute Gasteiger partial charge is 0.00519 e. The first-order chi connectivity index (χ1) is 6.41. The van der Waals surface area contributed by atoms with Gasteiger partial charge < -0.3 is 5.32 Å². The van der Waals surface area contributed by atoms with Gasteiger partial charge >= 0.3 is 0 Å². The van der Waals surface area contributed by atoms with E-state index >= 15 is 0 Å². The number of thioether (sulfide) groups is 1. The molecule has 13 heavy (non-hydrogen) atoms. The van der Waals surface area contributed by atoms with Gasteiger partial charge in [-0.15, -0.1) is 0 Å². The minimum Gasteiger partial charge on any atom is -0.320 e. The van der Waals surface area contributed by atoms with Crippen LogP contribution in [0.2, 0.25) is 0 Å². The van der Waals surface area contributed by atoms with Gasteiger partial charge in [0.1, 0.15) is 0 Å². The lowest BCUT2D eigenvalue weighted by molar-refractivity contribution is 0.669. The average Bonchev–Trinajstić information content (AvgIpc) is 2.16. The Bertz CT molecular complexity index is 76.2. The predicted octanol–water partition coefficient (Wildman–Crippen LogP) is 3.30. The van der Waals surface area contributed by atoms with Gasteiger partial charge in [-0.25, -0.2) is 0 Å². The molecule has 0 saturated heterocycles. The third kappa shape index (κ3) is 12.3. The molecule has 0 radical (unpaired) electrons. The van der Waals surface area contributed by atoms with E-state index in [0.717, 1.165) is 0 Å². The number of hydrogen-bond acceptors (Lipinski definition) is 2. The molecule has 0 aromatic carbocycles. The number of unbranched alkanes of at least 4 members (excludes halogenated alkanes) is 4. The van der Waals surface area contributed by atoms with Crippen LogP contribution in [0, 0.1) is 0 Å². The summed E-state index contributed by atoms with van der Waals surface area (Å²) in [6.07, 6.45) is 8.30. The van der Waals surface area contributed by atoms with Crippen molar-refractivity contribution in [1.82, 2.24) is 5.32 Å². The number of hydrogen-bond donors (Lipinski definition) is 1. The van der Waals surface area contributed by atoms with E-state index in [0.29, 0.717) is 0 Å². The molecule has 0 aliphatic heterocycles. The quantitative estimate of drug-likeness (QED) is 0.547. The van der Waals surface area contributed by atoms with Crippen molar-refractivity contribution in [2.24, 2.45) is 0 Å². The largest absolute Gasteiger partial charge is 0.320 e. The molecule has 0 aliphatic rings.